The van der Waals surface area contributed by atoms with Crippen LogP contribution in [0.2, 0.25) is 0 Å². The lowest BCUT2D eigenvalue weighted by molar-refractivity contribution is -0.113. The molecule has 0 unspecified atom stereocenters. The molecule has 1 amide bonds. The van der Waals surface area contributed by atoms with Crippen molar-refractivity contribution in [1.82, 2.24) is 9.80 Å². The zero-order chi connectivity index (χ0) is 15.8. The first-order valence-electron chi connectivity index (χ1n) is 7.96. The van der Waals surface area contributed by atoms with E-state index in [1.54, 1.807) is 18.2 Å². The van der Waals surface area contributed by atoms with Crippen LogP contribution in [0.25, 0.3) is 6.08 Å². The Morgan fingerprint density at radius 3 is 2.87 bits per heavy atom. The Kier molecular flexibility index (Phi) is 3.95. The van der Waals surface area contributed by atoms with Crippen LogP contribution in [-0.4, -0.2) is 53.1 Å². The topological polar surface area (TPSA) is 35.9 Å². The number of thioether (sulfide) groups is 1. The van der Waals surface area contributed by atoms with Crippen molar-refractivity contribution in [2.45, 2.75) is 18.9 Å². The fourth-order valence-corrected chi connectivity index (χ4v) is 4.36. The van der Waals surface area contributed by atoms with Gasteiger partial charge in [0.15, 0.2) is 5.17 Å². The minimum absolute atomic E-state index is 0.192. The molecule has 1 atom stereocenters. The van der Waals surface area contributed by atoms with E-state index in [0.717, 1.165) is 30.4 Å². The van der Waals surface area contributed by atoms with E-state index >= 15 is 0 Å². The Morgan fingerprint density at radius 1 is 1.22 bits per heavy atom. The van der Waals surface area contributed by atoms with Crippen LogP contribution in [0.1, 0.15) is 18.4 Å². The van der Waals surface area contributed by atoms with Crippen molar-refractivity contribution in [2.24, 2.45) is 4.99 Å². The second-order valence-corrected chi connectivity index (χ2v) is 7.15. The molecule has 1 aromatic carbocycles. The van der Waals surface area contributed by atoms with E-state index < -0.39 is 0 Å². The van der Waals surface area contributed by atoms with Gasteiger partial charge in [-0.1, -0.05) is 12.1 Å². The Balaban J connectivity index is 1.47. The van der Waals surface area contributed by atoms with E-state index in [1.807, 2.05) is 0 Å². The Hall–Kier alpha value is -1.66. The normalized spacial score (nSPS) is 26.7. The van der Waals surface area contributed by atoms with Gasteiger partial charge < -0.3 is 4.90 Å². The summed E-state index contributed by atoms with van der Waals surface area (Å²) >= 11 is 1.43. The number of aliphatic imine (C=N–C) groups is 1. The third-order valence-corrected chi connectivity index (χ3v) is 5.68. The van der Waals surface area contributed by atoms with Crippen molar-refractivity contribution < 1.29 is 9.18 Å². The summed E-state index contributed by atoms with van der Waals surface area (Å²) in [6.07, 6.45) is 4.29. The SMILES string of the molecule is O=C1N=C(N2CCN3CCC[C@H]3C2)S/C1=C\c1ccc(F)cc1. The van der Waals surface area contributed by atoms with E-state index in [0.29, 0.717) is 10.9 Å². The van der Waals surface area contributed by atoms with Crippen LogP contribution in [0.5, 0.6) is 0 Å². The molecule has 4 rings (SSSR count). The van der Waals surface area contributed by atoms with Crippen molar-refractivity contribution in [2.75, 3.05) is 26.2 Å². The molecule has 1 aromatic rings. The number of amidine groups is 1. The molecule has 2 saturated heterocycles. The van der Waals surface area contributed by atoms with Gasteiger partial charge in [0.2, 0.25) is 0 Å². The summed E-state index contributed by atoms with van der Waals surface area (Å²) in [6.45, 7) is 4.14. The predicted molar refractivity (Wildman–Crippen MR) is 90.6 cm³/mol. The van der Waals surface area contributed by atoms with Crippen molar-refractivity contribution >= 4 is 28.9 Å². The highest BCUT2D eigenvalue weighted by Gasteiger charge is 2.34. The van der Waals surface area contributed by atoms with Crippen LogP contribution in [0.3, 0.4) is 0 Å². The summed E-state index contributed by atoms with van der Waals surface area (Å²) in [5.41, 5.74) is 0.819. The molecule has 0 N–H and O–H groups in total. The number of carbonyl (C=O) groups is 1. The maximum Gasteiger partial charge on any atom is 0.286 e. The van der Waals surface area contributed by atoms with Gasteiger partial charge in [-0.15, -0.1) is 0 Å². The van der Waals surface area contributed by atoms with Crippen molar-refractivity contribution in [3.05, 3.63) is 40.6 Å². The van der Waals surface area contributed by atoms with Gasteiger partial charge >= 0.3 is 0 Å². The highest BCUT2D eigenvalue weighted by molar-refractivity contribution is 8.18. The fraction of sp³-hybridized carbons (Fsp3) is 0.412. The zero-order valence-corrected chi connectivity index (χ0v) is 13.6. The molecule has 6 heteroatoms. The first-order valence-corrected chi connectivity index (χ1v) is 8.78. The number of amides is 1. The van der Waals surface area contributed by atoms with Gasteiger partial charge in [-0.05, 0) is 54.9 Å². The molecule has 0 bridgehead atoms. The molecule has 3 aliphatic rings. The molecular weight excluding hydrogens is 313 g/mol. The van der Waals surface area contributed by atoms with Gasteiger partial charge in [0.05, 0.1) is 4.91 Å². The summed E-state index contributed by atoms with van der Waals surface area (Å²) in [5.74, 6) is -0.466. The predicted octanol–water partition coefficient (Wildman–Crippen LogP) is 2.58. The molecule has 2 fully saturated rings. The lowest BCUT2D eigenvalue weighted by Crippen LogP contribution is -2.51. The molecule has 0 aliphatic carbocycles. The molecular formula is C17H18FN3OS. The molecule has 3 heterocycles. The molecule has 4 nitrogen and oxygen atoms in total. The number of nitrogens with zero attached hydrogens (tertiary/aromatic N) is 3. The van der Waals surface area contributed by atoms with Crippen LogP contribution >= 0.6 is 11.8 Å². The highest BCUT2D eigenvalue weighted by atomic mass is 32.2. The van der Waals surface area contributed by atoms with Gasteiger partial charge in [-0.2, -0.15) is 4.99 Å². The monoisotopic (exact) mass is 331 g/mol. The lowest BCUT2D eigenvalue weighted by atomic mass is 10.2. The lowest BCUT2D eigenvalue weighted by Gasteiger charge is -2.38. The molecule has 0 radical (unpaired) electrons. The van der Waals surface area contributed by atoms with Crippen LogP contribution in [-0.2, 0) is 4.79 Å². The Bertz CT molecular complexity index is 686. The van der Waals surface area contributed by atoms with Crippen LogP contribution in [0.4, 0.5) is 4.39 Å². The number of hydrogen-bond donors (Lipinski definition) is 0. The average Bonchev–Trinajstić information content (AvgIpc) is 3.16. The largest absolute Gasteiger partial charge is 0.348 e. The number of halogens is 1. The molecule has 0 spiro atoms. The van der Waals surface area contributed by atoms with E-state index in [4.69, 9.17) is 0 Å². The molecule has 23 heavy (non-hydrogen) atoms. The van der Waals surface area contributed by atoms with Gasteiger partial charge in [0, 0.05) is 25.7 Å². The first-order chi connectivity index (χ1) is 11.2. The fourth-order valence-electron chi connectivity index (χ4n) is 3.41. The molecule has 3 aliphatic heterocycles. The van der Waals surface area contributed by atoms with Crippen LogP contribution < -0.4 is 0 Å². The number of hydrogen-bond acceptors (Lipinski definition) is 4. The number of benzene rings is 1. The number of piperazine rings is 1. The van der Waals surface area contributed by atoms with E-state index in [1.165, 1.54) is 43.3 Å². The minimum atomic E-state index is -0.274. The Morgan fingerprint density at radius 2 is 2.04 bits per heavy atom. The van der Waals surface area contributed by atoms with Crippen molar-refractivity contribution in [3.8, 4) is 0 Å². The standard InChI is InChI=1S/C17H18FN3OS/c18-13-5-3-12(4-6-13)10-15-16(22)19-17(23-15)21-9-8-20-7-1-2-14(20)11-21/h3-6,10,14H,1-2,7-9,11H2/b15-10-/t14-/m0/s1. The second kappa shape index (κ2) is 6.09. The average molecular weight is 331 g/mol. The second-order valence-electron chi connectivity index (χ2n) is 6.14. The maximum atomic E-state index is 13.0. The molecule has 0 aromatic heterocycles. The summed E-state index contributed by atoms with van der Waals surface area (Å²) in [4.78, 5) is 21.7. The molecule has 120 valence electrons. The number of rotatable bonds is 1. The van der Waals surface area contributed by atoms with Crippen molar-refractivity contribution in [3.63, 3.8) is 0 Å². The smallest absolute Gasteiger partial charge is 0.286 e. The maximum absolute atomic E-state index is 13.0. The van der Waals surface area contributed by atoms with Crippen LogP contribution in [0, 0.1) is 5.82 Å². The van der Waals surface area contributed by atoms with Crippen LogP contribution in [0.15, 0.2) is 34.2 Å². The summed E-state index contributed by atoms with van der Waals surface area (Å²) in [5, 5.41) is 0.815. The first kappa shape index (κ1) is 14.9. The van der Waals surface area contributed by atoms with E-state index in [2.05, 4.69) is 14.8 Å². The summed E-state index contributed by atoms with van der Waals surface area (Å²) in [6, 6.07) is 6.75. The molecule has 0 saturated carbocycles. The number of carbonyl (C=O) groups excluding carboxylic acids is 1. The minimum Gasteiger partial charge on any atom is -0.348 e. The van der Waals surface area contributed by atoms with Gasteiger partial charge in [-0.3, -0.25) is 9.69 Å². The summed E-state index contributed by atoms with van der Waals surface area (Å²) < 4.78 is 13.0. The van der Waals surface area contributed by atoms with Crippen molar-refractivity contribution in [1.29, 1.82) is 0 Å². The van der Waals surface area contributed by atoms with Gasteiger partial charge in [0.1, 0.15) is 5.82 Å². The Labute approximate surface area is 139 Å². The quantitative estimate of drug-likeness (QED) is 0.741. The highest BCUT2D eigenvalue weighted by Crippen LogP contribution is 2.32. The summed E-state index contributed by atoms with van der Waals surface area (Å²) in [7, 11) is 0. The van der Waals surface area contributed by atoms with E-state index in [9.17, 15) is 9.18 Å². The zero-order valence-electron chi connectivity index (χ0n) is 12.7. The third kappa shape index (κ3) is 3.05. The van der Waals surface area contributed by atoms with Gasteiger partial charge in [0.25, 0.3) is 5.91 Å². The van der Waals surface area contributed by atoms with E-state index in [-0.39, 0.29) is 11.7 Å². The third-order valence-electron chi connectivity index (χ3n) is 4.63. The number of fused-ring (bicyclic) bond motifs is 1. The van der Waals surface area contributed by atoms with Gasteiger partial charge in [-0.25, -0.2) is 4.39 Å².